The zero-order valence-corrected chi connectivity index (χ0v) is 20.9. The van der Waals surface area contributed by atoms with Gasteiger partial charge in [0.05, 0.1) is 6.10 Å². The van der Waals surface area contributed by atoms with Crippen molar-refractivity contribution in [3.05, 3.63) is 35.4 Å². The molecule has 1 saturated heterocycles. The first kappa shape index (κ1) is 27.0. The first-order valence-corrected chi connectivity index (χ1v) is 10.7. The van der Waals surface area contributed by atoms with Crippen LogP contribution < -0.4 is 10.6 Å². The number of hydrogen-bond donors (Lipinski definition) is 2. The molecule has 0 aliphatic carbocycles. The van der Waals surface area contributed by atoms with Gasteiger partial charge in [-0.05, 0) is 49.8 Å². The van der Waals surface area contributed by atoms with Gasteiger partial charge in [-0.25, -0.2) is 8.78 Å². The number of ether oxygens (including phenoxy) is 1. The average Bonchev–Trinajstić information content (AvgIpc) is 2.70. The van der Waals surface area contributed by atoms with Crippen molar-refractivity contribution < 1.29 is 13.5 Å². The highest BCUT2D eigenvalue weighted by Crippen LogP contribution is 2.16. The van der Waals surface area contributed by atoms with Crippen molar-refractivity contribution in [3.63, 3.8) is 0 Å². The number of nitrogens with one attached hydrogen (secondary N) is 2. The van der Waals surface area contributed by atoms with Gasteiger partial charge in [0.1, 0.15) is 0 Å². The van der Waals surface area contributed by atoms with E-state index in [1.54, 1.807) is 13.1 Å². The van der Waals surface area contributed by atoms with E-state index in [1.165, 1.54) is 12.1 Å². The normalized spacial score (nSPS) is 17.0. The number of halogens is 3. The standard InChI is InChI=1S/C22H36F2N4O.HI/c1-5-29-21(16(2)3)8-11-26-22(25-4)27-18-9-12-28(13-10-18)15-17-6-7-19(23)20(24)14-17;/h6-7,14,16,18,21H,5,8-13,15H2,1-4H3,(H2,25,26,27);1H. The molecule has 0 spiro atoms. The molecule has 1 heterocycles. The predicted molar refractivity (Wildman–Crippen MR) is 129 cm³/mol. The van der Waals surface area contributed by atoms with E-state index >= 15 is 0 Å². The van der Waals surface area contributed by atoms with E-state index in [4.69, 9.17) is 4.74 Å². The molecule has 0 saturated carbocycles. The van der Waals surface area contributed by atoms with Gasteiger partial charge >= 0.3 is 0 Å². The molecule has 0 bridgehead atoms. The molecule has 2 N–H and O–H groups in total. The monoisotopic (exact) mass is 538 g/mol. The molecule has 1 aliphatic heterocycles. The fourth-order valence-corrected chi connectivity index (χ4v) is 3.68. The van der Waals surface area contributed by atoms with Crippen molar-refractivity contribution >= 4 is 29.9 Å². The number of guanidine groups is 1. The third-order valence-corrected chi connectivity index (χ3v) is 5.39. The van der Waals surface area contributed by atoms with Gasteiger partial charge in [-0.15, -0.1) is 24.0 Å². The van der Waals surface area contributed by atoms with Gasteiger partial charge in [0.25, 0.3) is 0 Å². The van der Waals surface area contributed by atoms with Gasteiger partial charge < -0.3 is 15.4 Å². The Morgan fingerprint density at radius 1 is 1.23 bits per heavy atom. The molecule has 0 aromatic heterocycles. The molecule has 5 nitrogen and oxygen atoms in total. The van der Waals surface area contributed by atoms with E-state index in [0.717, 1.165) is 57.0 Å². The highest BCUT2D eigenvalue weighted by Gasteiger charge is 2.20. The van der Waals surface area contributed by atoms with Crippen LogP contribution in [0.1, 0.15) is 45.6 Å². The van der Waals surface area contributed by atoms with Gasteiger partial charge in [-0.2, -0.15) is 0 Å². The van der Waals surface area contributed by atoms with Crippen molar-refractivity contribution in [3.8, 4) is 0 Å². The third kappa shape index (κ3) is 9.01. The van der Waals surface area contributed by atoms with E-state index in [2.05, 4.69) is 34.4 Å². The van der Waals surface area contributed by atoms with Crippen molar-refractivity contribution in [1.29, 1.82) is 0 Å². The highest BCUT2D eigenvalue weighted by molar-refractivity contribution is 14.0. The molecule has 1 aliphatic rings. The summed E-state index contributed by atoms with van der Waals surface area (Å²) < 4.78 is 32.3. The summed E-state index contributed by atoms with van der Waals surface area (Å²) in [4.78, 5) is 6.61. The molecule has 2 rings (SSSR count). The molecule has 1 aromatic carbocycles. The Kier molecular flexibility index (Phi) is 12.7. The number of rotatable bonds is 9. The Balaban J connectivity index is 0.00000450. The van der Waals surface area contributed by atoms with Crippen molar-refractivity contribution in [2.75, 3.05) is 33.3 Å². The quantitative estimate of drug-likeness (QED) is 0.282. The summed E-state index contributed by atoms with van der Waals surface area (Å²) in [6.07, 6.45) is 3.17. The minimum absolute atomic E-state index is 0. The minimum atomic E-state index is -0.795. The molecular formula is C22H37F2IN4O. The maximum Gasteiger partial charge on any atom is 0.191 e. The van der Waals surface area contributed by atoms with Crippen LogP contribution in [0.4, 0.5) is 8.78 Å². The summed E-state index contributed by atoms with van der Waals surface area (Å²) in [6, 6.07) is 4.50. The number of hydrogen-bond acceptors (Lipinski definition) is 3. The lowest BCUT2D eigenvalue weighted by atomic mass is 10.0. The van der Waals surface area contributed by atoms with Gasteiger partial charge in [0, 0.05) is 45.9 Å². The minimum Gasteiger partial charge on any atom is -0.378 e. The van der Waals surface area contributed by atoms with Crippen molar-refractivity contribution in [2.45, 2.75) is 58.7 Å². The molecular weight excluding hydrogens is 501 g/mol. The summed E-state index contributed by atoms with van der Waals surface area (Å²) in [5.41, 5.74) is 0.807. The van der Waals surface area contributed by atoms with Crippen molar-refractivity contribution in [2.24, 2.45) is 10.9 Å². The SMILES string of the molecule is CCOC(CCNC(=NC)NC1CCN(Cc2ccc(F)c(F)c2)CC1)C(C)C.I. The average molecular weight is 538 g/mol. The number of aliphatic imine (C=N–C) groups is 1. The van der Waals surface area contributed by atoms with E-state index in [1.807, 2.05) is 6.92 Å². The van der Waals surface area contributed by atoms with Gasteiger partial charge in [0.15, 0.2) is 17.6 Å². The van der Waals surface area contributed by atoms with Crippen LogP contribution in [0.15, 0.2) is 23.2 Å². The van der Waals surface area contributed by atoms with Gasteiger partial charge in [-0.3, -0.25) is 9.89 Å². The van der Waals surface area contributed by atoms with E-state index in [9.17, 15) is 8.78 Å². The summed E-state index contributed by atoms with van der Waals surface area (Å²) in [5.74, 6) is -0.261. The highest BCUT2D eigenvalue weighted by atomic mass is 127. The predicted octanol–water partition coefficient (Wildman–Crippen LogP) is 4.16. The van der Waals surface area contributed by atoms with Crippen LogP contribution >= 0.6 is 24.0 Å². The molecule has 1 atom stereocenters. The largest absolute Gasteiger partial charge is 0.378 e. The number of benzene rings is 1. The third-order valence-electron chi connectivity index (χ3n) is 5.39. The molecule has 1 unspecified atom stereocenters. The number of piperidine rings is 1. The topological polar surface area (TPSA) is 48.9 Å². The fourth-order valence-electron chi connectivity index (χ4n) is 3.68. The summed E-state index contributed by atoms with van der Waals surface area (Å²) in [6.45, 7) is 10.4. The van der Waals surface area contributed by atoms with E-state index < -0.39 is 11.6 Å². The lowest BCUT2D eigenvalue weighted by molar-refractivity contribution is 0.0258. The molecule has 30 heavy (non-hydrogen) atoms. The number of likely N-dealkylation sites (tertiary alicyclic amines) is 1. The Morgan fingerprint density at radius 2 is 1.93 bits per heavy atom. The molecule has 8 heteroatoms. The zero-order chi connectivity index (χ0) is 21.2. The first-order chi connectivity index (χ1) is 13.9. The van der Waals surface area contributed by atoms with Crippen LogP contribution in [0.2, 0.25) is 0 Å². The molecule has 1 aromatic rings. The lowest BCUT2D eigenvalue weighted by Crippen LogP contribution is -2.49. The van der Waals surface area contributed by atoms with E-state index in [0.29, 0.717) is 18.5 Å². The maximum atomic E-state index is 13.4. The second-order valence-corrected chi connectivity index (χ2v) is 7.97. The summed E-state index contributed by atoms with van der Waals surface area (Å²) >= 11 is 0. The number of nitrogens with zero attached hydrogens (tertiary/aromatic N) is 2. The van der Waals surface area contributed by atoms with Crippen LogP contribution in [0.3, 0.4) is 0 Å². The van der Waals surface area contributed by atoms with Crippen molar-refractivity contribution in [1.82, 2.24) is 15.5 Å². The molecule has 0 amide bonds. The fraction of sp³-hybridized carbons (Fsp3) is 0.682. The Hall–Kier alpha value is -1.00. The molecule has 1 fully saturated rings. The maximum absolute atomic E-state index is 13.4. The first-order valence-electron chi connectivity index (χ1n) is 10.7. The van der Waals surface area contributed by atoms with Gasteiger partial charge in [0.2, 0.25) is 0 Å². The second kappa shape index (κ2) is 14.1. The lowest BCUT2D eigenvalue weighted by Gasteiger charge is -2.33. The van der Waals surface area contributed by atoms with Crippen LogP contribution in [-0.2, 0) is 11.3 Å². The Labute approximate surface area is 197 Å². The van der Waals surface area contributed by atoms with Crippen LogP contribution in [0.5, 0.6) is 0 Å². The van der Waals surface area contributed by atoms with Crippen LogP contribution in [0.25, 0.3) is 0 Å². The Bertz CT molecular complexity index is 652. The molecule has 172 valence electrons. The Morgan fingerprint density at radius 3 is 2.50 bits per heavy atom. The van der Waals surface area contributed by atoms with Gasteiger partial charge in [-0.1, -0.05) is 19.9 Å². The van der Waals surface area contributed by atoms with E-state index in [-0.39, 0.29) is 30.1 Å². The summed E-state index contributed by atoms with van der Waals surface area (Å²) in [5, 5.41) is 6.89. The summed E-state index contributed by atoms with van der Waals surface area (Å²) in [7, 11) is 1.79. The van der Waals surface area contributed by atoms with Crippen LogP contribution in [-0.4, -0.2) is 56.3 Å². The smallest absolute Gasteiger partial charge is 0.191 e. The second-order valence-electron chi connectivity index (χ2n) is 7.97. The molecule has 0 radical (unpaired) electrons. The zero-order valence-electron chi connectivity index (χ0n) is 18.6. The van der Waals surface area contributed by atoms with Crippen LogP contribution in [0, 0.1) is 17.6 Å².